The van der Waals surface area contributed by atoms with Gasteiger partial charge in [0.1, 0.15) is 0 Å². The summed E-state index contributed by atoms with van der Waals surface area (Å²) < 4.78 is 31.9. The second-order valence-corrected chi connectivity index (χ2v) is 5.95. The molecular weight excluding hydrogens is 252 g/mol. The predicted octanol–water partition coefficient (Wildman–Crippen LogP) is 1.19. The lowest BCUT2D eigenvalue weighted by Crippen LogP contribution is -2.34. The zero-order chi connectivity index (χ0) is 13.0. The summed E-state index contributed by atoms with van der Waals surface area (Å²) in [4.78, 5) is 0.288. The zero-order valence-corrected chi connectivity index (χ0v) is 11.2. The topological polar surface area (TPSA) is 67.4 Å². The summed E-state index contributed by atoms with van der Waals surface area (Å²) in [7, 11) is -3.43. The normalized spacial score (nSPS) is 19.9. The Morgan fingerprint density at radius 3 is 2.61 bits per heavy atom. The summed E-state index contributed by atoms with van der Waals surface area (Å²) >= 11 is 0. The van der Waals surface area contributed by atoms with E-state index in [1.54, 1.807) is 24.3 Å². The third-order valence-corrected chi connectivity index (χ3v) is 4.33. The second-order valence-electron chi connectivity index (χ2n) is 4.24. The van der Waals surface area contributed by atoms with Crippen molar-refractivity contribution in [3.8, 4) is 0 Å². The van der Waals surface area contributed by atoms with Crippen LogP contribution in [0.15, 0.2) is 29.2 Å². The number of sulfonamides is 1. The molecule has 1 aromatic carbocycles. The van der Waals surface area contributed by atoms with Gasteiger partial charge in [-0.1, -0.05) is 0 Å². The molecule has 1 aromatic rings. The molecule has 1 unspecified atom stereocenters. The van der Waals surface area contributed by atoms with E-state index in [0.717, 1.165) is 18.7 Å². The van der Waals surface area contributed by atoms with E-state index in [9.17, 15) is 8.42 Å². The van der Waals surface area contributed by atoms with Crippen molar-refractivity contribution in [1.82, 2.24) is 4.72 Å². The molecule has 0 amide bonds. The predicted molar refractivity (Wildman–Crippen MR) is 70.2 cm³/mol. The minimum absolute atomic E-state index is 0.108. The summed E-state index contributed by atoms with van der Waals surface area (Å²) in [5.74, 6) is 0. The largest absolute Gasteiger partial charge is 0.385 e. The van der Waals surface area contributed by atoms with Gasteiger partial charge in [0.2, 0.25) is 10.0 Å². The Hall–Kier alpha value is -1.11. The van der Waals surface area contributed by atoms with Gasteiger partial charge in [-0.25, -0.2) is 13.1 Å². The van der Waals surface area contributed by atoms with Gasteiger partial charge >= 0.3 is 0 Å². The molecule has 1 saturated heterocycles. The van der Waals surface area contributed by atoms with E-state index in [2.05, 4.69) is 10.0 Å². The molecule has 1 atom stereocenters. The number of ether oxygens (including phenoxy) is 1. The van der Waals surface area contributed by atoms with Gasteiger partial charge in [-0.15, -0.1) is 0 Å². The standard InChI is InChI=1S/C12H18N2O3S/c1-2-13-10-3-5-12(6-4-10)18(15,16)14-11-7-8-17-9-11/h3-6,11,13-14H,2,7-9H2,1H3. The van der Waals surface area contributed by atoms with E-state index >= 15 is 0 Å². The maximum atomic E-state index is 12.1. The average Bonchev–Trinajstić information content (AvgIpc) is 2.82. The Morgan fingerprint density at radius 2 is 2.06 bits per heavy atom. The summed E-state index contributed by atoms with van der Waals surface area (Å²) in [6, 6.07) is 6.64. The van der Waals surface area contributed by atoms with Crippen molar-refractivity contribution in [2.75, 3.05) is 25.1 Å². The van der Waals surface area contributed by atoms with Crippen LogP contribution in [0.5, 0.6) is 0 Å². The molecule has 2 N–H and O–H groups in total. The zero-order valence-electron chi connectivity index (χ0n) is 10.3. The molecule has 0 saturated carbocycles. The first-order valence-corrected chi connectivity index (χ1v) is 7.54. The minimum atomic E-state index is -3.43. The molecule has 1 fully saturated rings. The maximum absolute atomic E-state index is 12.1. The lowest BCUT2D eigenvalue weighted by Gasteiger charge is -2.12. The third-order valence-electron chi connectivity index (χ3n) is 2.80. The summed E-state index contributed by atoms with van der Waals surface area (Å²) in [5.41, 5.74) is 0.917. The van der Waals surface area contributed by atoms with Gasteiger partial charge in [0, 0.05) is 24.9 Å². The Labute approximate surface area is 108 Å². The first-order chi connectivity index (χ1) is 8.62. The van der Waals surface area contributed by atoms with Gasteiger partial charge in [-0.05, 0) is 37.6 Å². The van der Waals surface area contributed by atoms with Gasteiger partial charge < -0.3 is 10.1 Å². The van der Waals surface area contributed by atoms with Gasteiger partial charge in [-0.3, -0.25) is 0 Å². The quantitative estimate of drug-likeness (QED) is 0.843. The Morgan fingerprint density at radius 1 is 1.33 bits per heavy atom. The van der Waals surface area contributed by atoms with Crippen molar-refractivity contribution in [1.29, 1.82) is 0 Å². The fourth-order valence-electron chi connectivity index (χ4n) is 1.87. The highest BCUT2D eigenvalue weighted by atomic mass is 32.2. The molecule has 6 heteroatoms. The number of benzene rings is 1. The lowest BCUT2D eigenvalue weighted by atomic mass is 10.3. The fourth-order valence-corrected chi connectivity index (χ4v) is 3.13. The van der Waals surface area contributed by atoms with Crippen LogP contribution in [0.4, 0.5) is 5.69 Å². The highest BCUT2D eigenvalue weighted by molar-refractivity contribution is 7.89. The number of nitrogens with one attached hydrogen (secondary N) is 2. The van der Waals surface area contributed by atoms with Crippen molar-refractivity contribution in [3.05, 3.63) is 24.3 Å². The smallest absolute Gasteiger partial charge is 0.240 e. The summed E-state index contributed by atoms with van der Waals surface area (Å²) in [6.07, 6.45) is 0.731. The van der Waals surface area contributed by atoms with Crippen LogP contribution in [0.25, 0.3) is 0 Å². The molecule has 0 aromatic heterocycles. The van der Waals surface area contributed by atoms with Crippen LogP contribution < -0.4 is 10.0 Å². The Bertz CT molecular complexity index is 479. The molecule has 5 nitrogen and oxygen atoms in total. The van der Waals surface area contributed by atoms with Crippen LogP contribution in [0, 0.1) is 0 Å². The number of hydrogen-bond acceptors (Lipinski definition) is 4. The first-order valence-electron chi connectivity index (χ1n) is 6.06. The van der Waals surface area contributed by atoms with E-state index in [0.29, 0.717) is 13.2 Å². The van der Waals surface area contributed by atoms with Crippen molar-refractivity contribution in [3.63, 3.8) is 0 Å². The molecule has 0 radical (unpaired) electrons. The van der Waals surface area contributed by atoms with Crippen LogP contribution in [0.1, 0.15) is 13.3 Å². The molecule has 1 aliphatic heterocycles. The third kappa shape index (κ3) is 3.22. The van der Waals surface area contributed by atoms with Gasteiger partial charge in [0.25, 0.3) is 0 Å². The van der Waals surface area contributed by atoms with Crippen LogP contribution in [0.2, 0.25) is 0 Å². The van der Waals surface area contributed by atoms with Crippen LogP contribution in [0.3, 0.4) is 0 Å². The van der Waals surface area contributed by atoms with Crippen LogP contribution in [-0.2, 0) is 14.8 Å². The van der Waals surface area contributed by atoms with Gasteiger partial charge in [0.15, 0.2) is 0 Å². The van der Waals surface area contributed by atoms with Crippen LogP contribution >= 0.6 is 0 Å². The first kappa shape index (κ1) is 13.3. The van der Waals surface area contributed by atoms with Gasteiger partial charge in [0.05, 0.1) is 11.5 Å². The molecule has 0 aliphatic carbocycles. The van der Waals surface area contributed by atoms with E-state index in [1.165, 1.54) is 0 Å². The highest BCUT2D eigenvalue weighted by Gasteiger charge is 2.23. The molecule has 2 rings (SSSR count). The number of hydrogen-bond donors (Lipinski definition) is 2. The second kappa shape index (κ2) is 5.69. The summed E-state index contributed by atoms with van der Waals surface area (Å²) in [6.45, 7) is 3.87. The van der Waals surface area contributed by atoms with E-state index in [4.69, 9.17) is 4.74 Å². The SMILES string of the molecule is CCNc1ccc(S(=O)(=O)NC2CCOC2)cc1. The van der Waals surface area contributed by atoms with Crippen LogP contribution in [-0.4, -0.2) is 34.2 Å². The lowest BCUT2D eigenvalue weighted by molar-refractivity contribution is 0.192. The van der Waals surface area contributed by atoms with Crippen molar-refractivity contribution >= 4 is 15.7 Å². The molecular formula is C12H18N2O3S. The molecule has 0 bridgehead atoms. The molecule has 1 aliphatic rings. The number of anilines is 1. The average molecular weight is 270 g/mol. The van der Waals surface area contributed by atoms with Crippen molar-refractivity contribution in [2.24, 2.45) is 0 Å². The Kier molecular flexibility index (Phi) is 4.21. The van der Waals surface area contributed by atoms with Crippen molar-refractivity contribution in [2.45, 2.75) is 24.3 Å². The fraction of sp³-hybridized carbons (Fsp3) is 0.500. The molecule has 100 valence electrons. The van der Waals surface area contributed by atoms with Crippen molar-refractivity contribution < 1.29 is 13.2 Å². The van der Waals surface area contributed by atoms with Gasteiger partial charge in [-0.2, -0.15) is 0 Å². The van der Waals surface area contributed by atoms with E-state index in [-0.39, 0.29) is 10.9 Å². The highest BCUT2D eigenvalue weighted by Crippen LogP contribution is 2.15. The Balaban J connectivity index is 2.08. The maximum Gasteiger partial charge on any atom is 0.240 e. The molecule has 1 heterocycles. The summed E-state index contributed by atoms with van der Waals surface area (Å²) in [5, 5.41) is 3.12. The monoisotopic (exact) mass is 270 g/mol. The minimum Gasteiger partial charge on any atom is -0.385 e. The molecule has 0 spiro atoms. The van der Waals surface area contributed by atoms with E-state index in [1.807, 2.05) is 6.92 Å². The number of rotatable bonds is 5. The van der Waals surface area contributed by atoms with E-state index < -0.39 is 10.0 Å². The molecule has 18 heavy (non-hydrogen) atoms.